The van der Waals surface area contributed by atoms with Gasteiger partial charge in [-0.2, -0.15) is 0 Å². The molecule has 1 heterocycles. The van der Waals surface area contributed by atoms with E-state index >= 15 is 0 Å². The van der Waals surface area contributed by atoms with Gasteiger partial charge in [0, 0.05) is 32.9 Å². The monoisotopic (exact) mass is 542 g/mol. The van der Waals surface area contributed by atoms with Crippen LogP contribution < -0.4 is 14.7 Å². The molecule has 0 saturated heterocycles. The van der Waals surface area contributed by atoms with Crippen LogP contribution in [0.1, 0.15) is 15.9 Å². The maximum absolute atomic E-state index is 13.2. The van der Waals surface area contributed by atoms with Crippen molar-refractivity contribution in [2.45, 2.75) is 0 Å². The summed E-state index contributed by atoms with van der Waals surface area (Å²) in [5, 5.41) is 12.6. The van der Waals surface area contributed by atoms with Crippen molar-refractivity contribution in [3.05, 3.63) is 145 Å². The van der Waals surface area contributed by atoms with Gasteiger partial charge in [0.25, 0.3) is 0 Å². The zero-order valence-electron chi connectivity index (χ0n) is 19.4. The Morgan fingerprint density at radius 3 is 1.89 bits per heavy atom. The third-order valence-corrected chi connectivity index (χ3v) is 7.16. The number of Topliss-reactive ketones (excluding diaryl/α,β-unsaturated/α-hetero) is 1. The number of carbonyl (C=O) groups is 1. The molecule has 4 nitrogen and oxygen atoms in total. The van der Waals surface area contributed by atoms with E-state index in [1.54, 1.807) is 54.6 Å². The molecule has 0 aliphatic rings. The number of aromatic nitrogens is 1. The molecule has 1 aromatic heterocycles. The van der Waals surface area contributed by atoms with Crippen LogP contribution in [0.3, 0.4) is 0 Å². The van der Waals surface area contributed by atoms with Gasteiger partial charge in [-0.3, -0.25) is 9.36 Å². The van der Waals surface area contributed by atoms with Crippen LogP contribution in [0.5, 0.6) is 0 Å². The molecule has 0 bridgehead atoms. The van der Waals surface area contributed by atoms with Gasteiger partial charge in [-0.05, 0) is 48.5 Å². The maximum Gasteiger partial charge on any atom is 0.188 e. The summed E-state index contributed by atoms with van der Waals surface area (Å²) in [6.07, 6.45) is 1.57. The van der Waals surface area contributed by atoms with Crippen molar-refractivity contribution in [1.29, 1.82) is 0 Å². The average Bonchev–Trinajstić information content (AvgIpc) is 3.28. The summed E-state index contributed by atoms with van der Waals surface area (Å²) in [6, 6.07) is 32.7. The van der Waals surface area contributed by atoms with E-state index in [-0.39, 0.29) is 11.5 Å². The molecule has 0 spiro atoms. The molecule has 0 aliphatic carbocycles. The minimum absolute atomic E-state index is 0.0628. The van der Waals surface area contributed by atoms with Crippen molar-refractivity contribution < 1.29 is 9.90 Å². The van der Waals surface area contributed by atoms with E-state index in [4.69, 9.17) is 28.2 Å². The van der Waals surface area contributed by atoms with Gasteiger partial charge < -0.3 is 5.11 Å². The molecular formula is C30H20Cl2N2O2S. The van der Waals surface area contributed by atoms with Gasteiger partial charge in [0.15, 0.2) is 11.3 Å². The summed E-state index contributed by atoms with van der Waals surface area (Å²) in [6.45, 7) is 0. The van der Waals surface area contributed by atoms with Crippen LogP contribution in [0.2, 0.25) is 10.0 Å². The van der Waals surface area contributed by atoms with Crippen molar-refractivity contribution in [3.63, 3.8) is 0 Å². The van der Waals surface area contributed by atoms with Crippen LogP contribution in [0.25, 0.3) is 17.5 Å². The minimum atomic E-state index is -0.159. The molecule has 0 amide bonds. The van der Waals surface area contributed by atoms with Crippen LogP contribution >= 0.6 is 34.5 Å². The fourth-order valence-electron chi connectivity index (χ4n) is 3.75. The molecule has 182 valence electrons. The molecule has 0 radical (unpaired) electrons. The third kappa shape index (κ3) is 5.59. The Kier molecular flexibility index (Phi) is 7.37. The summed E-state index contributed by atoms with van der Waals surface area (Å²) < 4.78 is 2.97. The zero-order chi connectivity index (χ0) is 25.8. The summed E-state index contributed by atoms with van der Waals surface area (Å²) in [5.74, 6) is -0.0961. The van der Waals surface area contributed by atoms with Gasteiger partial charge >= 0.3 is 0 Å². The molecule has 5 rings (SSSR count). The number of aliphatic hydroxyl groups is 1. The van der Waals surface area contributed by atoms with Crippen LogP contribution in [0.4, 0.5) is 5.69 Å². The Labute approximate surface area is 227 Å². The Morgan fingerprint density at radius 1 is 0.757 bits per heavy atom. The Bertz CT molecular complexity index is 1740. The van der Waals surface area contributed by atoms with E-state index in [1.807, 2.05) is 65.2 Å². The molecule has 7 heteroatoms. The molecule has 0 unspecified atom stereocenters. The number of hydrogen-bond donors (Lipinski definition) is 1. The molecule has 0 fully saturated rings. The standard InChI is InChI=1S/C30H20Cl2N2O2S/c31-22-11-15-24(16-12-22)33-30-29(28(36)21-9-5-2-6-10-21)37-27(19-26(35)20-7-3-1-4-8-20)34(30)25-17-13-23(32)14-18-25/h1-19,36H/b27-19+,29-28+,33-30?. The first kappa shape index (κ1) is 24.8. The number of ketones is 1. The van der Waals surface area contributed by atoms with E-state index in [0.717, 1.165) is 5.69 Å². The molecule has 0 aliphatic heterocycles. The highest BCUT2D eigenvalue weighted by Crippen LogP contribution is 2.16. The van der Waals surface area contributed by atoms with Gasteiger partial charge in [-0.15, -0.1) is 11.3 Å². The highest BCUT2D eigenvalue weighted by Gasteiger charge is 2.13. The second kappa shape index (κ2) is 11.0. The lowest BCUT2D eigenvalue weighted by molar-refractivity contribution is 0.106. The van der Waals surface area contributed by atoms with Crippen molar-refractivity contribution in [3.8, 4) is 5.69 Å². The van der Waals surface area contributed by atoms with E-state index in [1.165, 1.54) is 11.3 Å². The van der Waals surface area contributed by atoms with Gasteiger partial charge in [0.1, 0.15) is 15.0 Å². The van der Waals surface area contributed by atoms with E-state index in [9.17, 15) is 9.90 Å². The summed E-state index contributed by atoms with van der Waals surface area (Å²) in [4.78, 5) is 18.1. The largest absolute Gasteiger partial charge is 0.506 e. The Balaban J connectivity index is 1.89. The number of halogens is 2. The van der Waals surface area contributed by atoms with Crippen LogP contribution in [-0.2, 0) is 0 Å². The summed E-state index contributed by atoms with van der Waals surface area (Å²) in [5.41, 5.74) is 3.07. The number of rotatable bonds is 5. The Hall–Kier alpha value is -3.90. The Morgan fingerprint density at radius 2 is 1.30 bits per heavy atom. The lowest BCUT2D eigenvalue weighted by atomic mass is 10.1. The molecule has 0 saturated carbocycles. The number of hydrogen-bond acceptors (Lipinski definition) is 4. The lowest BCUT2D eigenvalue weighted by Gasteiger charge is -2.05. The second-order valence-corrected chi connectivity index (χ2v) is 9.99. The molecule has 0 atom stereocenters. The van der Waals surface area contributed by atoms with Gasteiger partial charge in [0.2, 0.25) is 0 Å². The average molecular weight is 543 g/mol. The number of thiazole rings is 1. The van der Waals surface area contributed by atoms with Crippen molar-refractivity contribution in [2.75, 3.05) is 0 Å². The van der Waals surface area contributed by atoms with E-state index in [0.29, 0.717) is 41.5 Å². The zero-order valence-corrected chi connectivity index (χ0v) is 21.7. The predicted octanol–water partition coefficient (Wildman–Crippen LogP) is 6.46. The van der Waals surface area contributed by atoms with Crippen molar-refractivity contribution in [2.24, 2.45) is 4.99 Å². The SMILES string of the molecule is O=C(/C=c1/s/c(=C(/O)c2ccccc2)c(=Nc2ccc(Cl)cc2)n1-c1ccc(Cl)cc1)c1ccccc1. The fraction of sp³-hybridized carbons (Fsp3) is 0. The summed E-state index contributed by atoms with van der Waals surface area (Å²) >= 11 is 13.5. The quantitative estimate of drug-likeness (QED) is 0.259. The van der Waals surface area contributed by atoms with Gasteiger partial charge in [-0.1, -0.05) is 83.9 Å². The highest BCUT2D eigenvalue weighted by atomic mass is 35.5. The first-order valence-electron chi connectivity index (χ1n) is 11.4. The fourth-order valence-corrected chi connectivity index (χ4v) is 5.11. The second-order valence-electron chi connectivity index (χ2n) is 8.08. The van der Waals surface area contributed by atoms with Gasteiger partial charge in [-0.25, -0.2) is 4.99 Å². The molecule has 37 heavy (non-hydrogen) atoms. The topological polar surface area (TPSA) is 54.6 Å². The van der Waals surface area contributed by atoms with Crippen LogP contribution in [0, 0.1) is 0 Å². The maximum atomic E-state index is 13.2. The third-order valence-electron chi connectivity index (χ3n) is 5.56. The number of nitrogens with zero attached hydrogens (tertiary/aromatic N) is 2. The molecule has 1 N–H and O–H groups in total. The predicted molar refractivity (Wildman–Crippen MR) is 151 cm³/mol. The van der Waals surface area contributed by atoms with Crippen molar-refractivity contribution in [1.82, 2.24) is 4.57 Å². The van der Waals surface area contributed by atoms with E-state index < -0.39 is 0 Å². The highest BCUT2D eigenvalue weighted by molar-refractivity contribution is 7.07. The first-order valence-corrected chi connectivity index (χ1v) is 12.9. The molecule has 5 aromatic rings. The number of carbonyl (C=O) groups excluding carboxylic acids is 1. The van der Waals surface area contributed by atoms with Crippen molar-refractivity contribution >= 4 is 57.8 Å². The molecular weight excluding hydrogens is 523 g/mol. The first-order chi connectivity index (χ1) is 18.0. The smallest absolute Gasteiger partial charge is 0.188 e. The van der Waals surface area contributed by atoms with Gasteiger partial charge in [0.05, 0.1) is 5.69 Å². The van der Waals surface area contributed by atoms with Crippen LogP contribution in [-0.4, -0.2) is 15.5 Å². The minimum Gasteiger partial charge on any atom is -0.506 e. The normalized spacial score (nSPS) is 13.0. The lowest BCUT2D eigenvalue weighted by Crippen LogP contribution is -2.33. The summed E-state index contributed by atoms with van der Waals surface area (Å²) in [7, 11) is 0. The molecule has 4 aromatic carbocycles. The number of benzene rings is 4. The van der Waals surface area contributed by atoms with E-state index in [2.05, 4.69) is 0 Å². The number of aliphatic hydroxyl groups excluding tert-OH is 1. The van der Waals surface area contributed by atoms with Crippen LogP contribution in [0.15, 0.2) is 114 Å².